The molecule has 0 heterocycles. The van der Waals surface area contributed by atoms with E-state index in [-0.39, 0.29) is 11.5 Å². The van der Waals surface area contributed by atoms with Gasteiger partial charge in [-0.25, -0.2) is 0 Å². The first-order chi connectivity index (χ1) is 8.66. The monoisotopic (exact) mass is 254 g/mol. The molecule has 1 heteroatoms. The van der Waals surface area contributed by atoms with Crippen molar-refractivity contribution >= 4 is 0 Å². The molecule has 0 aliphatic carbocycles. The minimum atomic E-state index is -0.196. The highest BCUT2D eigenvalue weighted by Gasteiger charge is 2.32. The van der Waals surface area contributed by atoms with E-state index in [1.807, 2.05) is 6.08 Å². The van der Waals surface area contributed by atoms with Crippen LogP contribution >= 0.6 is 0 Å². The number of unbranched alkanes of at least 4 members (excludes halogenated alkanes) is 4. The number of hydrogen-bond acceptors (Lipinski definition) is 1. The van der Waals surface area contributed by atoms with Crippen LogP contribution in [0, 0.1) is 5.41 Å². The summed E-state index contributed by atoms with van der Waals surface area (Å²) in [5.41, 5.74) is -0.0308. The van der Waals surface area contributed by atoms with Crippen LogP contribution in [0.1, 0.15) is 85.0 Å². The molecule has 0 rings (SSSR count). The van der Waals surface area contributed by atoms with Crippen LogP contribution in [0.3, 0.4) is 0 Å². The molecule has 0 spiro atoms. The molecule has 0 fully saturated rings. The molecule has 0 aromatic heterocycles. The van der Waals surface area contributed by atoms with E-state index in [0.717, 1.165) is 32.1 Å². The van der Waals surface area contributed by atoms with Gasteiger partial charge < -0.3 is 5.11 Å². The van der Waals surface area contributed by atoms with E-state index in [0.29, 0.717) is 0 Å². The highest BCUT2D eigenvalue weighted by molar-refractivity contribution is 4.99. The first kappa shape index (κ1) is 17.7. The van der Waals surface area contributed by atoms with Gasteiger partial charge in [0.15, 0.2) is 0 Å². The third-order valence-electron chi connectivity index (χ3n) is 4.11. The number of aliphatic hydroxyl groups excluding tert-OH is 1. The summed E-state index contributed by atoms with van der Waals surface area (Å²) >= 11 is 0. The van der Waals surface area contributed by atoms with Gasteiger partial charge in [0.2, 0.25) is 0 Å². The van der Waals surface area contributed by atoms with E-state index < -0.39 is 0 Å². The van der Waals surface area contributed by atoms with Gasteiger partial charge in [-0.2, -0.15) is 0 Å². The summed E-state index contributed by atoms with van der Waals surface area (Å²) < 4.78 is 0. The van der Waals surface area contributed by atoms with Crippen molar-refractivity contribution in [2.24, 2.45) is 5.41 Å². The fourth-order valence-corrected chi connectivity index (χ4v) is 2.82. The topological polar surface area (TPSA) is 20.2 Å². The van der Waals surface area contributed by atoms with Crippen LogP contribution < -0.4 is 0 Å². The van der Waals surface area contributed by atoms with Crippen LogP contribution in [0.5, 0.6) is 0 Å². The third kappa shape index (κ3) is 6.04. The van der Waals surface area contributed by atoms with Gasteiger partial charge in [0.1, 0.15) is 0 Å². The van der Waals surface area contributed by atoms with Crippen molar-refractivity contribution in [2.45, 2.75) is 91.1 Å². The van der Waals surface area contributed by atoms with Gasteiger partial charge in [0.25, 0.3) is 0 Å². The molecule has 0 aliphatic rings. The molecule has 2 atom stereocenters. The van der Waals surface area contributed by atoms with Crippen molar-refractivity contribution < 1.29 is 5.11 Å². The fraction of sp³-hybridized carbons (Fsp3) is 0.882. The summed E-state index contributed by atoms with van der Waals surface area (Å²) in [5, 5.41) is 10.5. The molecule has 0 aromatic carbocycles. The smallest absolute Gasteiger partial charge is 0.0630 e. The summed E-state index contributed by atoms with van der Waals surface area (Å²) in [6.07, 6.45) is 13.4. The van der Waals surface area contributed by atoms with Crippen molar-refractivity contribution in [1.29, 1.82) is 0 Å². The molecule has 0 saturated carbocycles. The predicted molar refractivity (Wildman–Crippen MR) is 81.8 cm³/mol. The average molecular weight is 254 g/mol. The lowest BCUT2D eigenvalue weighted by Gasteiger charge is -2.35. The molecule has 0 saturated heterocycles. The minimum absolute atomic E-state index is 0.0308. The lowest BCUT2D eigenvalue weighted by molar-refractivity contribution is 0.0350. The van der Waals surface area contributed by atoms with Gasteiger partial charge >= 0.3 is 0 Å². The maximum atomic E-state index is 10.5. The van der Waals surface area contributed by atoms with Crippen molar-refractivity contribution in [1.82, 2.24) is 0 Å². The molecule has 1 N–H and O–H groups in total. The first-order valence-corrected chi connectivity index (χ1v) is 7.98. The zero-order valence-corrected chi connectivity index (χ0v) is 12.9. The number of hydrogen-bond donors (Lipinski definition) is 1. The maximum Gasteiger partial charge on any atom is 0.0630 e. The molecular formula is C17H34O. The van der Waals surface area contributed by atoms with Crippen LogP contribution in [-0.2, 0) is 0 Å². The largest absolute Gasteiger partial charge is 0.392 e. The lowest BCUT2D eigenvalue weighted by atomic mass is 9.72. The predicted octanol–water partition coefficient (Wildman–Crippen LogP) is 5.48. The van der Waals surface area contributed by atoms with Gasteiger partial charge in [-0.3, -0.25) is 0 Å². The highest BCUT2D eigenvalue weighted by Crippen LogP contribution is 2.37. The second-order valence-corrected chi connectivity index (χ2v) is 5.66. The zero-order chi connectivity index (χ0) is 13.9. The Morgan fingerprint density at radius 2 is 1.61 bits per heavy atom. The SMILES string of the molecule is C=C[C@](CCC)(CCCC)[C@H](O)CCCCCC. The second kappa shape index (κ2) is 10.6. The number of aliphatic hydroxyl groups is 1. The Hall–Kier alpha value is -0.300. The van der Waals surface area contributed by atoms with Crippen molar-refractivity contribution in [3.8, 4) is 0 Å². The normalized spacial score (nSPS) is 16.2. The Balaban J connectivity index is 4.36. The molecule has 0 aliphatic heterocycles. The van der Waals surface area contributed by atoms with E-state index in [1.165, 1.54) is 32.1 Å². The van der Waals surface area contributed by atoms with Gasteiger partial charge in [-0.15, -0.1) is 6.58 Å². The minimum Gasteiger partial charge on any atom is -0.392 e. The van der Waals surface area contributed by atoms with Crippen LogP contribution in [0.4, 0.5) is 0 Å². The standard InChI is InChI=1S/C17H34O/c1-5-9-11-12-13-16(18)17(8-4,14-7-3)15-10-6-2/h8,16,18H,4-7,9-15H2,1-3H3/t16-,17+/m1/s1. The highest BCUT2D eigenvalue weighted by atomic mass is 16.3. The summed E-state index contributed by atoms with van der Waals surface area (Å²) in [4.78, 5) is 0. The van der Waals surface area contributed by atoms with E-state index >= 15 is 0 Å². The van der Waals surface area contributed by atoms with Crippen LogP contribution in [0.2, 0.25) is 0 Å². The quantitative estimate of drug-likeness (QED) is 0.361. The summed E-state index contributed by atoms with van der Waals surface area (Å²) in [6.45, 7) is 10.7. The van der Waals surface area contributed by atoms with Gasteiger partial charge in [0, 0.05) is 5.41 Å². The van der Waals surface area contributed by atoms with E-state index in [1.54, 1.807) is 0 Å². The Labute approximate surface area is 115 Å². The van der Waals surface area contributed by atoms with E-state index in [9.17, 15) is 5.11 Å². The molecule has 18 heavy (non-hydrogen) atoms. The average Bonchev–Trinajstić information content (AvgIpc) is 2.39. The Morgan fingerprint density at radius 1 is 0.944 bits per heavy atom. The molecule has 1 nitrogen and oxygen atoms in total. The van der Waals surface area contributed by atoms with Crippen LogP contribution in [-0.4, -0.2) is 11.2 Å². The molecular weight excluding hydrogens is 220 g/mol. The molecule has 0 radical (unpaired) electrons. The Bertz CT molecular complexity index is 200. The Kier molecular flexibility index (Phi) is 10.4. The molecule has 0 bridgehead atoms. The molecule has 108 valence electrons. The van der Waals surface area contributed by atoms with Crippen molar-refractivity contribution in [3.05, 3.63) is 12.7 Å². The zero-order valence-electron chi connectivity index (χ0n) is 12.9. The molecule has 0 amide bonds. The van der Waals surface area contributed by atoms with Crippen LogP contribution in [0.25, 0.3) is 0 Å². The Morgan fingerprint density at radius 3 is 2.11 bits per heavy atom. The molecule has 0 aromatic rings. The number of rotatable bonds is 12. The van der Waals surface area contributed by atoms with E-state index in [4.69, 9.17) is 0 Å². The van der Waals surface area contributed by atoms with Crippen LogP contribution in [0.15, 0.2) is 12.7 Å². The second-order valence-electron chi connectivity index (χ2n) is 5.66. The summed E-state index contributed by atoms with van der Waals surface area (Å²) in [5.74, 6) is 0. The molecule has 0 unspecified atom stereocenters. The van der Waals surface area contributed by atoms with Crippen molar-refractivity contribution in [3.63, 3.8) is 0 Å². The maximum absolute atomic E-state index is 10.5. The van der Waals surface area contributed by atoms with E-state index in [2.05, 4.69) is 27.4 Å². The third-order valence-corrected chi connectivity index (χ3v) is 4.11. The summed E-state index contributed by atoms with van der Waals surface area (Å²) in [6, 6.07) is 0. The first-order valence-electron chi connectivity index (χ1n) is 7.98. The van der Waals surface area contributed by atoms with Gasteiger partial charge in [-0.1, -0.05) is 71.8 Å². The van der Waals surface area contributed by atoms with Crippen molar-refractivity contribution in [2.75, 3.05) is 0 Å². The lowest BCUT2D eigenvalue weighted by Crippen LogP contribution is -2.33. The summed E-state index contributed by atoms with van der Waals surface area (Å²) in [7, 11) is 0. The fourth-order valence-electron chi connectivity index (χ4n) is 2.82. The van der Waals surface area contributed by atoms with Gasteiger partial charge in [-0.05, 0) is 19.3 Å². The van der Waals surface area contributed by atoms with Gasteiger partial charge in [0.05, 0.1) is 6.10 Å².